The first-order valence-corrected chi connectivity index (χ1v) is 14.7. The molecule has 1 heteroatoms. The van der Waals surface area contributed by atoms with E-state index < -0.39 is 0 Å². The largest absolute Gasteiger partial charge is 0.344 e. The van der Waals surface area contributed by atoms with Crippen molar-refractivity contribution in [3.05, 3.63) is 70.8 Å². The second-order valence-corrected chi connectivity index (χ2v) is 12.2. The smallest absolute Gasteiger partial charge is 0.0494 e. The third-order valence-electron chi connectivity index (χ3n) is 9.50. The van der Waals surface area contributed by atoms with E-state index in [4.69, 9.17) is 0 Å². The fraction of sp³-hybridized carbons (Fsp3) is 0.486. The van der Waals surface area contributed by atoms with Crippen molar-refractivity contribution < 1.29 is 0 Å². The molecule has 0 N–H and O–H groups in total. The van der Waals surface area contributed by atoms with Crippen LogP contribution >= 0.6 is 0 Å². The Morgan fingerprint density at radius 3 is 1.89 bits per heavy atom. The minimum absolute atomic E-state index is 0.852. The van der Waals surface area contributed by atoms with E-state index in [1.165, 1.54) is 121 Å². The van der Waals surface area contributed by atoms with Gasteiger partial charge in [-0.3, -0.25) is 0 Å². The Morgan fingerprint density at radius 2 is 1.22 bits per heavy atom. The number of aryl methyl sites for hydroxylation is 3. The Kier molecular flexibility index (Phi) is 6.67. The van der Waals surface area contributed by atoms with Crippen LogP contribution in [0, 0.1) is 25.7 Å². The SMILES string of the molecule is Cc1ccc2c3ccc(-c4cc(CC5CCCCC5)c(C)cc4CC4CCCCC4)cc3n(C)c2c1. The third-order valence-corrected chi connectivity index (χ3v) is 9.50. The fourth-order valence-electron chi connectivity index (χ4n) is 7.36. The highest BCUT2D eigenvalue weighted by Crippen LogP contribution is 2.38. The van der Waals surface area contributed by atoms with Gasteiger partial charge in [0.25, 0.3) is 0 Å². The molecule has 2 saturated carbocycles. The number of hydrogen-bond acceptors (Lipinski definition) is 0. The maximum Gasteiger partial charge on any atom is 0.0494 e. The number of aromatic nitrogens is 1. The summed E-state index contributed by atoms with van der Waals surface area (Å²) in [6, 6.07) is 19.3. The molecule has 1 aromatic heterocycles. The average Bonchev–Trinajstić information content (AvgIpc) is 3.17. The number of rotatable bonds is 5. The lowest BCUT2D eigenvalue weighted by atomic mass is 9.80. The predicted molar refractivity (Wildman–Crippen MR) is 156 cm³/mol. The van der Waals surface area contributed by atoms with Crippen LogP contribution in [0.25, 0.3) is 32.9 Å². The van der Waals surface area contributed by atoms with Crippen LogP contribution in [-0.2, 0) is 19.9 Å². The molecule has 0 atom stereocenters. The normalized spacial score (nSPS) is 17.9. The Bertz CT molecular complexity index is 1380. The Hall–Kier alpha value is -2.54. The molecule has 0 spiro atoms. The summed E-state index contributed by atoms with van der Waals surface area (Å²) >= 11 is 0. The molecule has 0 saturated heterocycles. The van der Waals surface area contributed by atoms with Crippen LogP contribution in [0.15, 0.2) is 48.5 Å². The molecule has 3 aromatic carbocycles. The first-order chi connectivity index (χ1) is 17.6. The highest BCUT2D eigenvalue weighted by molar-refractivity contribution is 6.09. The van der Waals surface area contributed by atoms with Crippen LogP contribution < -0.4 is 0 Å². The van der Waals surface area contributed by atoms with Gasteiger partial charge >= 0.3 is 0 Å². The lowest BCUT2D eigenvalue weighted by molar-refractivity contribution is 0.355. The molecule has 2 aliphatic carbocycles. The van der Waals surface area contributed by atoms with Crippen molar-refractivity contribution in [1.29, 1.82) is 0 Å². The molecule has 4 aromatic rings. The van der Waals surface area contributed by atoms with Crippen molar-refractivity contribution >= 4 is 21.8 Å². The summed E-state index contributed by atoms with van der Waals surface area (Å²) < 4.78 is 2.40. The van der Waals surface area contributed by atoms with Gasteiger partial charge in [-0.05, 0) is 84.0 Å². The maximum atomic E-state index is 2.61. The zero-order valence-corrected chi connectivity index (χ0v) is 22.7. The molecule has 0 bridgehead atoms. The van der Waals surface area contributed by atoms with Crippen molar-refractivity contribution in [3.8, 4) is 11.1 Å². The summed E-state index contributed by atoms with van der Waals surface area (Å²) in [6.07, 6.45) is 16.7. The van der Waals surface area contributed by atoms with Gasteiger partial charge in [-0.1, -0.05) is 101 Å². The molecule has 2 fully saturated rings. The average molecular weight is 478 g/mol. The number of hydrogen-bond donors (Lipinski definition) is 0. The monoisotopic (exact) mass is 477 g/mol. The Labute approximate surface area is 217 Å². The van der Waals surface area contributed by atoms with Crippen molar-refractivity contribution in [3.63, 3.8) is 0 Å². The molecule has 36 heavy (non-hydrogen) atoms. The van der Waals surface area contributed by atoms with E-state index in [2.05, 4.69) is 74.0 Å². The zero-order valence-electron chi connectivity index (χ0n) is 22.7. The first kappa shape index (κ1) is 23.8. The van der Waals surface area contributed by atoms with E-state index in [1.54, 1.807) is 11.1 Å². The van der Waals surface area contributed by atoms with E-state index >= 15 is 0 Å². The van der Waals surface area contributed by atoms with Crippen LogP contribution in [0.3, 0.4) is 0 Å². The van der Waals surface area contributed by atoms with Gasteiger partial charge in [0.2, 0.25) is 0 Å². The second-order valence-electron chi connectivity index (χ2n) is 12.2. The van der Waals surface area contributed by atoms with E-state index in [0.717, 1.165) is 11.8 Å². The van der Waals surface area contributed by atoms with Crippen LogP contribution in [-0.4, -0.2) is 4.57 Å². The lowest BCUT2D eigenvalue weighted by Gasteiger charge is -2.26. The molecule has 0 aliphatic heterocycles. The molecule has 1 heterocycles. The standard InChI is InChI=1S/C35H43N/c1-24-14-16-31-32-17-15-28(23-35(32)36(3)34(31)18-24)33-22-29(20-26-10-6-4-7-11-26)25(2)19-30(33)21-27-12-8-5-9-13-27/h14-19,22-23,26-27H,4-13,20-21H2,1-3H3. The summed E-state index contributed by atoms with van der Waals surface area (Å²) in [5, 5.41) is 2.74. The van der Waals surface area contributed by atoms with Gasteiger partial charge in [-0.25, -0.2) is 0 Å². The molecule has 6 rings (SSSR count). The summed E-state index contributed by atoms with van der Waals surface area (Å²) in [5.74, 6) is 1.73. The van der Waals surface area contributed by atoms with Crippen LogP contribution in [0.4, 0.5) is 0 Å². The van der Waals surface area contributed by atoms with Gasteiger partial charge in [0, 0.05) is 28.9 Å². The van der Waals surface area contributed by atoms with Crippen molar-refractivity contribution in [2.24, 2.45) is 18.9 Å². The van der Waals surface area contributed by atoms with Crippen molar-refractivity contribution in [2.75, 3.05) is 0 Å². The van der Waals surface area contributed by atoms with Gasteiger partial charge in [0.1, 0.15) is 0 Å². The van der Waals surface area contributed by atoms with E-state index in [0.29, 0.717) is 0 Å². The summed E-state index contributed by atoms with van der Waals surface area (Å²) in [6.45, 7) is 4.57. The quantitative estimate of drug-likeness (QED) is 0.269. The first-order valence-electron chi connectivity index (χ1n) is 14.7. The van der Waals surface area contributed by atoms with Crippen LogP contribution in [0.5, 0.6) is 0 Å². The minimum Gasteiger partial charge on any atom is -0.344 e. The van der Waals surface area contributed by atoms with Gasteiger partial charge in [-0.2, -0.15) is 0 Å². The van der Waals surface area contributed by atoms with Gasteiger partial charge in [-0.15, -0.1) is 0 Å². The number of fused-ring (bicyclic) bond motifs is 3. The summed E-state index contributed by atoms with van der Waals surface area (Å²) in [5.41, 5.74) is 11.6. The molecular weight excluding hydrogens is 434 g/mol. The highest BCUT2D eigenvalue weighted by Gasteiger charge is 2.20. The molecule has 0 unspecified atom stereocenters. The molecule has 0 amide bonds. The minimum atomic E-state index is 0.852. The topological polar surface area (TPSA) is 4.93 Å². The highest BCUT2D eigenvalue weighted by atomic mass is 14.9. The summed E-state index contributed by atoms with van der Waals surface area (Å²) in [4.78, 5) is 0. The lowest BCUT2D eigenvalue weighted by Crippen LogP contribution is -2.12. The molecule has 188 valence electrons. The van der Waals surface area contributed by atoms with Crippen molar-refractivity contribution in [2.45, 2.75) is 90.9 Å². The maximum absolute atomic E-state index is 2.61. The van der Waals surface area contributed by atoms with Crippen molar-refractivity contribution in [1.82, 2.24) is 4.57 Å². The third kappa shape index (κ3) is 4.62. The van der Waals surface area contributed by atoms with Gasteiger partial charge in [0.05, 0.1) is 0 Å². The van der Waals surface area contributed by atoms with Crippen LogP contribution in [0.2, 0.25) is 0 Å². The van der Waals surface area contributed by atoms with E-state index in [-0.39, 0.29) is 0 Å². The van der Waals surface area contributed by atoms with Gasteiger partial charge in [0.15, 0.2) is 0 Å². The fourth-order valence-corrected chi connectivity index (χ4v) is 7.36. The number of benzene rings is 3. The van der Waals surface area contributed by atoms with Gasteiger partial charge < -0.3 is 4.57 Å². The predicted octanol–water partition coefficient (Wildman–Crippen LogP) is 9.86. The molecule has 2 aliphatic rings. The Morgan fingerprint density at radius 1 is 0.639 bits per heavy atom. The number of nitrogens with zero attached hydrogens (tertiary/aromatic N) is 1. The summed E-state index contributed by atoms with van der Waals surface area (Å²) in [7, 11) is 2.24. The molecule has 0 radical (unpaired) electrons. The van der Waals surface area contributed by atoms with E-state index in [9.17, 15) is 0 Å². The van der Waals surface area contributed by atoms with E-state index in [1.807, 2.05) is 0 Å². The molecule has 1 nitrogen and oxygen atoms in total. The second kappa shape index (κ2) is 10.1. The zero-order chi connectivity index (χ0) is 24.6. The Balaban J connectivity index is 1.44. The van der Waals surface area contributed by atoms with Crippen LogP contribution in [0.1, 0.15) is 86.5 Å². The molecular formula is C35H43N.